The van der Waals surface area contributed by atoms with Crippen molar-refractivity contribution in [3.8, 4) is 22.9 Å². The van der Waals surface area contributed by atoms with Gasteiger partial charge in [-0.05, 0) is 36.4 Å². The molecule has 0 atom stereocenters. The Morgan fingerprint density at radius 1 is 1.00 bits per heavy atom. The van der Waals surface area contributed by atoms with Gasteiger partial charge in [0.05, 0.1) is 12.2 Å². The number of hydrogen-bond acceptors (Lipinski definition) is 6. The van der Waals surface area contributed by atoms with Gasteiger partial charge in [0.25, 0.3) is 0 Å². The first-order valence-electron chi connectivity index (χ1n) is 10.9. The number of para-hydroxylation sites is 1. The lowest BCUT2D eigenvalue weighted by Crippen LogP contribution is -2.48. The third-order valence-electron chi connectivity index (χ3n) is 5.63. The van der Waals surface area contributed by atoms with Crippen LogP contribution in [0.5, 0.6) is 0 Å². The van der Waals surface area contributed by atoms with Gasteiger partial charge in [0.15, 0.2) is 17.5 Å². The maximum Gasteiger partial charge on any atom is 0.493 e. The van der Waals surface area contributed by atoms with E-state index in [1.54, 1.807) is 13.2 Å². The van der Waals surface area contributed by atoms with E-state index in [2.05, 4.69) is 19.8 Å². The molecule has 4 aromatic rings. The Hall–Kier alpha value is -4.95. The minimum atomic E-state index is -5.49. The summed E-state index contributed by atoms with van der Waals surface area (Å²) in [5.74, 6) is -6.28. The van der Waals surface area contributed by atoms with Crippen LogP contribution in [-0.2, 0) is 23.2 Å². The lowest BCUT2D eigenvalue weighted by molar-refractivity contribution is -0.229. The van der Waals surface area contributed by atoms with Gasteiger partial charge < -0.3 is 9.40 Å². The molecule has 9 nitrogen and oxygen atoms in total. The second-order valence-corrected chi connectivity index (χ2v) is 8.17. The summed E-state index contributed by atoms with van der Waals surface area (Å²) in [5.41, 5.74) is -1.00. The number of hydroxylamine groups is 2. The zero-order chi connectivity index (χ0) is 28.1. The number of alkyl halides is 3. The highest BCUT2D eigenvalue weighted by Crippen LogP contribution is 2.41. The highest BCUT2D eigenvalue weighted by atomic mass is 19.4. The molecular weight excluding hydrogens is 534 g/mol. The summed E-state index contributed by atoms with van der Waals surface area (Å²) in [6.45, 7) is -0.837. The zero-order valence-electron chi connectivity index (χ0n) is 19.6. The van der Waals surface area contributed by atoms with E-state index < -0.39 is 53.7 Å². The number of imidazole rings is 1. The van der Waals surface area contributed by atoms with Crippen LogP contribution in [0.15, 0.2) is 54.9 Å². The number of benzene rings is 2. The second-order valence-electron chi connectivity index (χ2n) is 8.17. The molecule has 0 unspecified atom stereocenters. The molecule has 2 aromatic carbocycles. The number of hydrogen-bond donors (Lipinski definition) is 0. The molecule has 5 rings (SSSR count). The van der Waals surface area contributed by atoms with Crippen LogP contribution in [0.3, 0.4) is 0 Å². The van der Waals surface area contributed by atoms with Crippen molar-refractivity contribution in [1.29, 1.82) is 0 Å². The van der Waals surface area contributed by atoms with Crippen molar-refractivity contribution in [3.63, 3.8) is 0 Å². The van der Waals surface area contributed by atoms with Gasteiger partial charge in [-0.2, -0.15) is 13.2 Å². The van der Waals surface area contributed by atoms with Crippen LogP contribution in [-0.4, -0.2) is 42.8 Å². The van der Waals surface area contributed by atoms with Gasteiger partial charge in [0.1, 0.15) is 23.1 Å². The molecule has 15 heteroatoms. The molecule has 1 aliphatic rings. The molecule has 39 heavy (non-hydrogen) atoms. The Labute approximate surface area is 214 Å². The molecule has 0 spiro atoms. The highest BCUT2D eigenvalue weighted by molar-refractivity contribution is 6.02. The maximum atomic E-state index is 14.9. The molecule has 0 fully saturated rings. The van der Waals surface area contributed by atoms with Crippen molar-refractivity contribution in [2.45, 2.75) is 12.7 Å². The smallest absolute Gasteiger partial charge is 0.331 e. The van der Waals surface area contributed by atoms with Crippen LogP contribution in [0, 0.1) is 17.5 Å². The molecule has 2 aromatic heterocycles. The summed E-state index contributed by atoms with van der Waals surface area (Å²) in [5, 5.41) is -0.0130. The fourth-order valence-electron chi connectivity index (χ4n) is 3.87. The lowest BCUT2D eigenvalue weighted by Gasteiger charge is -2.35. The maximum absolute atomic E-state index is 14.9. The molecule has 0 N–H and O–H groups in total. The van der Waals surface area contributed by atoms with Gasteiger partial charge in [0, 0.05) is 30.6 Å². The zero-order valence-corrected chi connectivity index (χ0v) is 19.6. The van der Waals surface area contributed by atoms with Gasteiger partial charge in [-0.25, -0.2) is 42.6 Å². The number of halogens is 6. The largest absolute Gasteiger partial charge is 0.493 e. The van der Waals surface area contributed by atoms with E-state index in [1.807, 2.05) is 0 Å². The van der Waals surface area contributed by atoms with Crippen molar-refractivity contribution in [3.05, 3.63) is 77.9 Å². The van der Waals surface area contributed by atoms with E-state index >= 15 is 0 Å². The molecular formula is C24H14F6N6O3. The first kappa shape index (κ1) is 25.7. The van der Waals surface area contributed by atoms with Gasteiger partial charge in [-0.3, -0.25) is 0 Å². The number of anilines is 2. The number of aryl methyl sites for hydroxylation is 1. The summed E-state index contributed by atoms with van der Waals surface area (Å²) in [7, 11) is 1.60. The average molecular weight is 548 g/mol. The first-order chi connectivity index (χ1) is 18.5. The highest BCUT2D eigenvalue weighted by Gasteiger charge is 2.46. The molecule has 2 amide bonds. The summed E-state index contributed by atoms with van der Waals surface area (Å²) >= 11 is 0. The minimum Gasteiger partial charge on any atom is -0.331 e. The predicted molar refractivity (Wildman–Crippen MR) is 121 cm³/mol. The van der Waals surface area contributed by atoms with Gasteiger partial charge in [-0.15, -0.1) is 5.06 Å². The van der Waals surface area contributed by atoms with Crippen LogP contribution in [0.2, 0.25) is 0 Å². The quantitative estimate of drug-likeness (QED) is 0.331. The average Bonchev–Trinajstić information content (AvgIpc) is 3.31. The Bertz CT molecular complexity index is 1580. The van der Waals surface area contributed by atoms with E-state index in [4.69, 9.17) is 0 Å². The van der Waals surface area contributed by atoms with Crippen molar-refractivity contribution in [1.82, 2.24) is 24.6 Å². The molecule has 200 valence electrons. The lowest BCUT2D eigenvalue weighted by atomic mass is 10.0. The molecule has 0 bridgehead atoms. The molecule has 1 aliphatic heterocycles. The number of carbonyl (C=O) groups excluding carboxylic acids is 2. The van der Waals surface area contributed by atoms with Gasteiger partial charge in [-0.1, -0.05) is 6.07 Å². The normalized spacial score (nSPS) is 13.5. The molecule has 0 radical (unpaired) electrons. The Kier molecular flexibility index (Phi) is 6.20. The SMILES string of the molecule is Cn1ccnc1-c1nc(-c2ccc(F)cc2)c2c(n1)N(c1c(F)cccc1F)C(=O)N(OC(=O)C(F)(F)F)C2. The van der Waals surface area contributed by atoms with Crippen molar-refractivity contribution < 1.29 is 40.8 Å². The summed E-state index contributed by atoms with van der Waals surface area (Å²) < 4.78 is 84.0. The van der Waals surface area contributed by atoms with Crippen LogP contribution < -0.4 is 4.90 Å². The van der Waals surface area contributed by atoms with Crippen molar-refractivity contribution >= 4 is 23.5 Å². The number of urea groups is 1. The third-order valence-corrected chi connectivity index (χ3v) is 5.63. The van der Waals surface area contributed by atoms with Crippen molar-refractivity contribution in [2.75, 3.05) is 4.90 Å². The predicted octanol–water partition coefficient (Wildman–Crippen LogP) is 5.06. The Morgan fingerprint density at radius 2 is 1.67 bits per heavy atom. The van der Waals surface area contributed by atoms with E-state index in [1.165, 1.54) is 22.9 Å². The van der Waals surface area contributed by atoms with Crippen molar-refractivity contribution in [2.24, 2.45) is 7.05 Å². The summed E-state index contributed by atoms with van der Waals surface area (Å²) in [6, 6.07) is 5.82. The fraction of sp³-hybridized carbons (Fsp3) is 0.125. The topological polar surface area (TPSA) is 93.5 Å². The van der Waals surface area contributed by atoms with Gasteiger partial charge >= 0.3 is 18.2 Å². The van der Waals surface area contributed by atoms with E-state index in [-0.39, 0.29) is 33.5 Å². The molecule has 3 heterocycles. The molecule has 0 saturated carbocycles. The first-order valence-corrected chi connectivity index (χ1v) is 10.9. The van der Waals surface area contributed by atoms with E-state index in [0.29, 0.717) is 4.90 Å². The third kappa shape index (κ3) is 4.62. The Morgan fingerprint density at radius 3 is 2.26 bits per heavy atom. The van der Waals surface area contributed by atoms with Crippen LogP contribution in [0.1, 0.15) is 5.56 Å². The number of carbonyl (C=O) groups is 2. The summed E-state index contributed by atoms with van der Waals surface area (Å²) in [6.07, 6.45) is -2.53. The number of aromatic nitrogens is 4. The standard InChI is InChI=1S/C24H14F6N6O3/c1-34-10-9-31-21(34)19-32-17(12-5-7-13(25)8-6-12)14-11-35(39-22(37)24(28,29)30)23(38)36(20(14)33-19)18-15(26)3-2-4-16(18)27/h2-10H,11H2,1H3. The molecule has 0 saturated heterocycles. The minimum absolute atomic E-state index is 0.0130. The summed E-state index contributed by atoms with van der Waals surface area (Å²) in [4.78, 5) is 42.4. The van der Waals surface area contributed by atoms with Crippen LogP contribution in [0.4, 0.5) is 42.6 Å². The number of fused-ring (bicyclic) bond motifs is 1. The number of amides is 2. The number of rotatable bonds is 4. The molecule has 0 aliphatic carbocycles. The second kappa shape index (κ2) is 9.41. The van der Waals surface area contributed by atoms with Gasteiger partial charge in [0.2, 0.25) is 0 Å². The number of nitrogens with zero attached hydrogens (tertiary/aromatic N) is 6. The Balaban J connectivity index is 1.80. The van der Waals surface area contributed by atoms with Crippen LogP contribution >= 0.6 is 0 Å². The fourth-order valence-corrected chi connectivity index (χ4v) is 3.87. The van der Waals surface area contributed by atoms with Crippen LogP contribution in [0.25, 0.3) is 22.9 Å². The monoisotopic (exact) mass is 548 g/mol. The van der Waals surface area contributed by atoms with E-state index in [0.717, 1.165) is 30.3 Å². The van der Waals surface area contributed by atoms with E-state index in [9.17, 15) is 35.9 Å².